The van der Waals surface area contributed by atoms with Crippen molar-refractivity contribution in [3.05, 3.63) is 66.0 Å². The quantitative estimate of drug-likeness (QED) is 0.564. The molecule has 3 rings (SSSR count). The number of phenolic OH excluding ortho intramolecular Hbond substituents is 1. The van der Waals surface area contributed by atoms with Crippen LogP contribution in [0.4, 0.5) is 0 Å². The van der Waals surface area contributed by atoms with E-state index in [4.69, 9.17) is 0 Å². The van der Waals surface area contributed by atoms with Crippen LogP contribution >= 0.6 is 0 Å². The number of carbonyl (C=O) groups excluding carboxylic acids is 1. The summed E-state index contributed by atoms with van der Waals surface area (Å²) in [6.45, 7) is 0. The van der Waals surface area contributed by atoms with Crippen molar-refractivity contribution >= 4 is 22.9 Å². The first-order chi connectivity index (χ1) is 9.74. The Morgan fingerprint density at radius 3 is 2.65 bits per heavy atom. The molecule has 1 aromatic heterocycles. The highest BCUT2D eigenvalue weighted by molar-refractivity contribution is 6.05. The molecule has 0 bridgehead atoms. The first kappa shape index (κ1) is 12.2. The van der Waals surface area contributed by atoms with Gasteiger partial charge in [0, 0.05) is 5.56 Å². The van der Waals surface area contributed by atoms with Crippen molar-refractivity contribution in [2.75, 3.05) is 0 Å². The van der Waals surface area contributed by atoms with Gasteiger partial charge < -0.3 is 10.1 Å². The number of aromatic hydroxyl groups is 1. The van der Waals surface area contributed by atoms with Gasteiger partial charge in [0.05, 0.1) is 11.0 Å². The van der Waals surface area contributed by atoms with Gasteiger partial charge in [0.1, 0.15) is 5.75 Å². The Morgan fingerprint density at radius 1 is 1.10 bits per heavy atom. The van der Waals surface area contributed by atoms with Gasteiger partial charge in [-0.25, -0.2) is 4.98 Å². The summed E-state index contributed by atoms with van der Waals surface area (Å²) in [7, 11) is 0. The number of phenols is 1. The second-order valence-corrected chi connectivity index (χ2v) is 4.36. The monoisotopic (exact) mass is 264 g/mol. The number of allylic oxidation sites excluding steroid dienone is 1. The third-order valence-electron chi connectivity index (χ3n) is 2.97. The summed E-state index contributed by atoms with van der Waals surface area (Å²) in [4.78, 5) is 19.2. The SMILES string of the molecule is O=C(/C=C/c1ccccc1O)c1nc2ccccc2[nH]1. The zero-order chi connectivity index (χ0) is 13.9. The van der Waals surface area contributed by atoms with Crippen molar-refractivity contribution in [3.63, 3.8) is 0 Å². The van der Waals surface area contributed by atoms with Gasteiger partial charge in [-0.05, 0) is 30.4 Å². The average Bonchev–Trinajstić information content (AvgIpc) is 2.90. The lowest BCUT2D eigenvalue weighted by Gasteiger charge is -1.96. The normalized spacial score (nSPS) is 11.2. The summed E-state index contributed by atoms with van der Waals surface area (Å²) < 4.78 is 0. The number of aromatic nitrogens is 2. The Kier molecular flexibility index (Phi) is 3.05. The van der Waals surface area contributed by atoms with E-state index in [1.54, 1.807) is 30.3 Å². The van der Waals surface area contributed by atoms with Gasteiger partial charge in [0.15, 0.2) is 5.82 Å². The molecule has 0 atom stereocenters. The van der Waals surface area contributed by atoms with Crippen molar-refractivity contribution in [3.8, 4) is 5.75 Å². The lowest BCUT2D eigenvalue weighted by Crippen LogP contribution is -1.96. The summed E-state index contributed by atoms with van der Waals surface area (Å²) in [6, 6.07) is 14.3. The zero-order valence-corrected chi connectivity index (χ0v) is 10.6. The standard InChI is InChI=1S/C16H12N2O2/c19-14-8-4-1-5-11(14)9-10-15(20)16-17-12-6-2-3-7-13(12)18-16/h1-10,19H,(H,17,18)/b10-9+. The molecule has 0 amide bonds. The summed E-state index contributed by atoms with van der Waals surface area (Å²) >= 11 is 0. The number of fused-ring (bicyclic) bond motifs is 1. The molecule has 4 heteroatoms. The number of carbonyl (C=O) groups is 1. The number of para-hydroxylation sites is 3. The van der Waals surface area contributed by atoms with Crippen molar-refractivity contribution in [1.82, 2.24) is 9.97 Å². The fraction of sp³-hybridized carbons (Fsp3) is 0. The predicted octanol–water partition coefficient (Wildman–Crippen LogP) is 3.16. The van der Waals surface area contributed by atoms with Crippen LogP contribution in [-0.4, -0.2) is 20.9 Å². The van der Waals surface area contributed by atoms with Gasteiger partial charge >= 0.3 is 0 Å². The van der Waals surface area contributed by atoms with E-state index in [1.165, 1.54) is 6.08 Å². The average molecular weight is 264 g/mol. The van der Waals surface area contributed by atoms with Gasteiger partial charge in [0.2, 0.25) is 5.78 Å². The van der Waals surface area contributed by atoms with Crippen LogP contribution in [0.5, 0.6) is 5.75 Å². The Morgan fingerprint density at radius 2 is 1.85 bits per heavy atom. The Balaban J connectivity index is 1.88. The second-order valence-electron chi connectivity index (χ2n) is 4.36. The summed E-state index contributed by atoms with van der Waals surface area (Å²) in [6.07, 6.45) is 2.97. The van der Waals surface area contributed by atoms with Crippen LogP contribution in [0.3, 0.4) is 0 Å². The Labute approximate surface area is 115 Å². The topological polar surface area (TPSA) is 66.0 Å². The van der Waals surface area contributed by atoms with Crippen molar-refractivity contribution in [2.24, 2.45) is 0 Å². The zero-order valence-electron chi connectivity index (χ0n) is 10.6. The number of ketones is 1. The fourth-order valence-corrected chi connectivity index (χ4v) is 1.94. The van der Waals surface area contributed by atoms with E-state index in [1.807, 2.05) is 24.3 Å². The van der Waals surface area contributed by atoms with Gasteiger partial charge in [-0.1, -0.05) is 30.3 Å². The van der Waals surface area contributed by atoms with Crippen molar-refractivity contribution < 1.29 is 9.90 Å². The third kappa shape index (κ3) is 2.31. The molecule has 0 spiro atoms. The third-order valence-corrected chi connectivity index (χ3v) is 2.97. The molecule has 0 unspecified atom stereocenters. The van der Waals surface area contributed by atoms with Crippen LogP contribution in [0.25, 0.3) is 17.1 Å². The number of H-pyrrole nitrogens is 1. The second kappa shape index (κ2) is 5.01. The molecule has 0 aliphatic carbocycles. The molecule has 20 heavy (non-hydrogen) atoms. The molecule has 3 aromatic rings. The number of rotatable bonds is 3. The highest BCUT2D eigenvalue weighted by Gasteiger charge is 2.08. The molecule has 0 aliphatic rings. The minimum Gasteiger partial charge on any atom is -0.507 e. The highest BCUT2D eigenvalue weighted by atomic mass is 16.3. The molecule has 0 fully saturated rings. The van der Waals surface area contributed by atoms with Gasteiger partial charge in [0.25, 0.3) is 0 Å². The van der Waals surface area contributed by atoms with Crippen LogP contribution < -0.4 is 0 Å². The first-order valence-electron chi connectivity index (χ1n) is 6.19. The maximum atomic E-state index is 12.0. The molecule has 0 saturated heterocycles. The lowest BCUT2D eigenvalue weighted by atomic mass is 10.1. The van der Waals surface area contributed by atoms with Gasteiger partial charge in [-0.2, -0.15) is 0 Å². The van der Waals surface area contributed by atoms with Gasteiger partial charge in [-0.3, -0.25) is 4.79 Å². The summed E-state index contributed by atoms with van der Waals surface area (Å²) in [5.41, 5.74) is 2.18. The van der Waals surface area contributed by atoms with E-state index >= 15 is 0 Å². The number of benzene rings is 2. The van der Waals surface area contributed by atoms with Crippen LogP contribution in [0.1, 0.15) is 16.2 Å². The van der Waals surface area contributed by atoms with Crippen LogP contribution in [0.2, 0.25) is 0 Å². The number of nitrogens with zero attached hydrogens (tertiary/aromatic N) is 1. The minimum atomic E-state index is -0.232. The van der Waals surface area contributed by atoms with E-state index in [0.717, 1.165) is 11.0 Å². The largest absolute Gasteiger partial charge is 0.507 e. The molecule has 0 saturated carbocycles. The lowest BCUT2D eigenvalue weighted by molar-refractivity contribution is 0.103. The van der Waals surface area contributed by atoms with E-state index in [-0.39, 0.29) is 17.4 Å². The number of hydrogen-bond donors (Lipinski definition) is 2. The molecule has 4 nitrogen and oxygen atoms in total. The van der Waals surface area contributed by atoms with Crippen molar-refractivity contribution in [2.45, 2.75) is 0 Å². The highest BCUT2D eigenvalue weighted by Crippen LogP contribution is 2.17. The smallest absolute Gasteiger partial charge is 0.221 e. The van der Waals surface area contributed by atoms with E-state index in [0.29, 0.717) is 5.56 Å². The van der Waals surface area contributed by atoms with E-state index < -0.39 is 0 Å². The maximum Gasteiger partial charge on any atom is 0.221 e. The predicted molar refractivity (Wildman–Crippen MR) is 77.6 cm³/mol. The molecule has 0 aliphatic heterocycles. The molecule has 2 N–H and O–H groups in total. The molecular weight excluding hydrogens is 252 g/mol. The Hall–Kier alpha value is -2.88. The van der Waals surface area contributed by atoms with Gasteiger partial charge in [-0.15, -0.1) is 0 Å². The number of aromatic amines is 1. The van der Waals surface area contributed by atoms with Crippen LogP contribution in [0, 0.1) is 0 Å². The van der Waals surface area contributed by atoms with E-state index in [9.17, 15) is 9.90 Å². The van der Waals surface area contributed by atoms with Crippen LogP contribution in [0.15, 0.2) is 54.6 Å². The number of hydrogen-bond acceptors (Lipinski definition) is 3. The number of nitrogens with one attached hydrogen (secondary N) is 1. The van der Waals surface area contributed by atoms with Crippen LogP contribution in [-0.2, 0) is 0 Å². The summed E-state index contributed by atoms with van der Waals surface area (Å²) in [5.74, 6) is 0.198. The minimum absolute atomic E-state index is 0.140. The first-order valence-corrected chi connectivity index (χ1v) is 6.19. The molecule has 98 valence electrons. The molecule has 2 aromatic carbocycles. The molecular formula is C16H12N2O2. The fourth-order valence-electron chi connectivity index (χ4n) is 1.94. The number of imidazole rings is 1. The molecule has 1 heterocycles. The van der Waals surface area contributed by atoms with E-state index in [2.05, 4.69) is 9.97 Å². The molecule has 0 radical (unpaired) electrons. The summed E-state index contributed by atoms with van der Waals surface area (Å²) in [5, 5.41) is 9.62. The Bertz CT molecular complexity index is 770. The van der Waals surface area contributed by atoms with Crippen molar-refractivity contribution in [1.29, 1.82) is 0 Å². The maximum absolute atomic E-state index is 12.0.